The molecule has 0 rings (SSSR count). The Morgan fingerprint density at radius 2 is 1.32 bits per heavy atom. The Morgan fingerprint density at radius 1 is 0.818 bits per heavy atom. The summed E-state index contributed by atoms with van der Waals surface area (Å²) in [5.41, 5.74) is 0. The Balaban J connectivity index is 3.41. The van der Waals surface area contributed by atoms with E-state index in [1.807, 2.05) is 0 Å². The zero-order valence-corrected chi connectivity index (χ0v) is 18.3. The minimum Gasteiger partial charge on any atom is -0.417 e. The summed E-state index contributed by atoms with van der Waals surface area (Å²) in [6.07, 6.45) is 16.5. The molecule has 1 nitrogen and oxygen atoms in total. The minimum atomic E-state index is -1.53. The van der Waals surface area contributed by atoms with Crippen LogP contribution in [-0.4, -0.2) is 20.3 Å². The zero-order chi connectivity index (χ0) is 16.9. The average Bonchev–Trinajstić information content (AvgIpc) is 2.42. The lowest BCUT2D eigenvalue weighted by atomic mass is 10.1. The van der Waals surface area contributed by atoms with E-state index in [0.29, 0.717) is 5.04 Å². The van der Waals surface area contributed by atoms with Crippen molar-refractivity contribution >= 4 is 24.2 Å². The highest BCUT2D eigenvalue weighted by molar-refractivity contribution is 9.09. The van der Waals surface area contributed by atoms with E-state index in [1.54, 1.807) is 0 Å². The maximum absolute atomic E-state index is 6.20. The number of hydrogen-bond acceptors (Lipinski definition) is 1. The standard InChI is InChI=1S/C19H39BrOSi/c1-19(2,3)22(4,5)21-18-16-14-12-10-8-6-7-9-11-13-15-17-20/h8,10H,6-7,9,11-18H2,1-5H3/b10-8-. The lowest BCUT2D eigenvalue weighted by molar-refractivity contribution is 0.279. The molecule has 0 fully saturated rings. The molecule has 0 aliphatic heterocycles. The molecule has 0 spiro atoms. The molecule has 0 aromatic rings. The van der Waals surface area contributed by atoms with Crippen LogP contribution in [0.1, 0.15) is 78.6 Å². The maximum atomic E-state index is 6.20. The average molecular weight is 392 g/mol. The van der Waals surface area contributed by atoms with Crippen LogP contribution in [0.4, 0.5) is 0 Å². The van der Waals surface area contributed by atoms with Gasteiger partial charge in [-0.1, -0.05) is 68.1 Å². The van der Waals surface area contributed by atoms with Crippen molar-refractivity contribution in [2.75, 3.05) is 11.9 Å². The highest BCUT2D eigenvalue weighted by atomic mass is 79.9. The van der Waals surface area contributed by atoms with Crippen molar-refractivity contribution in [1.82, 2.24) is 0 Å². The summed E-state index contributed by atoms with van der Waals surface area (Å²) < 4.78 is 6.20. The van der Waals surface area contributed by atoms with Crippen LogP contribution in [0.5, 0.6) is 0 Å². The Labute approximate surface area is 149 Å². The first-order valence-electron chi connectivity index (χ1n) is 9.16. The molecule has 0 saturated heterocycles. The largest absolute Gasteiger partial charge is 0.417 e. The van der Waals surface area contributed by atoms with E-state index in [2.05, 4.69) is 61.9 Å². The minimum absolute atomic E-state index is 0.335. The molecule has 0 aromatic heterocycles. The molecule has 0 aliphatic rings. The first kappa shape index (κ1) is 22.4. The van der Waals surface area contributed by atoms with Gasteiger partial charge in [-0.15, -0.1) is 0 Å². The summed E-state index contributed by atoms with van der Waals surface area (Å²) in [7, 11) is -1.53. The number of allylic oxidation sites excluding steroid dienone is 2. The van der Waals surface area contributed by atoms with Crippen molar-refractivity contribution in [3.05, 3.63) is 12.2 Å². The first-order chi connectivity index (χ1) is 10.3. The third-order valence-electron chi connectivity index (χ3n) is 4.71. The summed E-state index contributed by atoms with van der Waals surface area (Å²) >= 11 is 3.48. The van der Waals surface area contributed by atoms with Crippen molar-refractivity contribution < 1.29 is 4.43 Å². The number of rotatable bonds is 13. The van der Waals surface area contributed by atoms with Gasteiger partial charge in [0, 0.05) is 11.9 Å². The van der Waals surface area contributed by atoms with Crippen molar-refractivity contribution in [1.29, 1.82) is 0 Å². The molecule has 3 heteroatoms. The van der Waals surface area contributed by atoms with Gasteiger partial charge in [0.1, 0.15) is 0 Å². The van der Waals surface area contributed by atoms with E-state index < -0.39 is 8.32 Å². The topological polar surface area (TPSA) is 9.23 Å². The van der Waals surface area contributed by atoms with Gasteiger partial charge in [-0.25, -0.2) is 0 Å². The van der Waals surface area contributed by atoms with E-state index >= 15 is 0 Å². The first-order valence-corrected chi connectivity index (χ1v) is 13.2. The molecule has 0 aliphatic carbocycles. The molecule has 0 N–H and O–H groups in total. The van der Waals surface area contributed by atoms with Crippen LogP contribution in [0.2, 0.25) is 18.1 Å². The van der Waals surface area contributed by atoms with Crippen molar-refractivity contribution in [2.45, 2.75) is 96.7 Å². The second kappa shape index (κ2) is 12.8. The Kier molecular flexibility index (Phi) is 13.0. The fourth-order valence-electron chi connectivity index (χ4n) is 2.03. The Hall–Kier alpha value is 0.397. The van der Waals surface area contributed by atoms with E-state index in [4.69, 9.17) is 4.43 Å². The van der Waals surface area contributed by atoms with Crippen LogP contribution >= 0.6 is 15.9 Å². The van der Waals surface area contributed by atoms with E-state index in [1.165, 1.54) is 57.8 Å². The van der Waals surface area contributed by atoms with Gasteiger partial charge in [0.25, 0.3) is 0 Å². The van der Waals surface area contributed by atoms with Gasteiger partial charge in [0.2, 0.25) is 0 Å². The third-order valence-corrected chi connectivity index (χ3v) is 9.80. The number of halogens is 1. The fourth-order valence-corrected chi connectivity index (χ4v) is 3.51. The number of alkyl halides is 1. The van der Waals surface area contributed by atoms with Gasteiger partial charge in [-0.05, 0) is 56.7 Å². The molecular weight excluding hydrogens is 352 g/mol. The molecule has 132 valence electrons. The van der Waals surface area contributed by atoms with E-state index in [9.17, 15) is 0 Å². The van der Waals surface area contributed by atoms with Crippen molar-refractivity contribution in [2.24, 2.45) is 0 Å². The van der Waals surface area contributed by atoms with E-state index in [0.717, 1.165) is 11.9 Å². The summed E-state index contributed by atoms with van der Waals surface area (Å²) in [4.78, 5) is 0. The summed E-state index contributed by atoms with van der Waals surface area (Å²) in [6.45, 7) is 12.5. The van der Waals surface area contributed by atoms with Gasteiger partial charge < -0.3 is 4.43 Å². The quantitative estimate of drug-likeness (QED) is 0.137. The second-order valence-corrected chi connectivity index (χ2v) is 13.4. The van der Waals surface area contributed by atoms with Crippen LogP contribution in [-0.2, 0) is 4.43 Å². The molecule has 0 unspecified atom stereocenters. The highest BCUT2D eigenvalue weighted by Crippen LogP contribution is 2.36. The van der Waals surface area contributed by atoms with E-state index in [-0.39, 0.29) is 0 Å². The number of hydrogen-bond donors (Lipinski definition) is 0. The Bertz CT molecular complexity index is 282. The second-order valence-electron chi connectivity index (χ2n) is 7.82. The maximum Gasteiger partial charge on any atom is 0.191 e. The number of unbranched alkanes of at least 4 members (excludes halogenated alkanes) is 7. The Morgan fingerprint density at radius 3 is 1.86 bits per heavy atom. The molecule has 0 radical (unpaired) electrons. The lowest BCUT2D eigenvalue weighted by Crippen LogP contribution is -2.40. The SMILES string of the molecule is CC(C)(C)[Si](C)(C)OCCCC/C=C\CCCCCCCBr. The third kappa shape index (κ3) is 11.9. The van der Waals surface area contributed by atoms with Crippen molar-refractivity contribution in [3.8, 4) is 0 Å². The van der Waals surface area contributed by atoms with Crippen LogP contribution in [0.3, 0.4) is 0 Å². The fraction of sp³-hybridized carbons (Fsp3) is 0.895. The molecule has 0 saturated carbocycles. The predicted molar refractivity (Wildman–Crippen MR) is 108 cm³/mol. The highest BCUT2D eigenvalue weighted by Gasteiger charge is 2.36. The van der Waals surface area contributed by atoms with Crippen LogP contribution in [0.15, 0.2) is 12.2 Å². The van der Waals surface area contributed by atoms with Gasteiger partial charge in [0.05, 0.1) is 0 Å². The molecule has 22 heavy (non-hydrogen) atoms. The molecule has 0 atom stereocenters. The van der Waals surface area contributed by atoms with Gasteiger partial charge >= 0.3 is 0 Å². The summed E-state index contributed by atoms with van der Waals surface area (Å²) in [5, 5.41) is 1.49. The van der Waals surface area contributed by atoms with Gasteiger partial charge in [-0.2, -0.15) is 0 Å². The molecule has 0 aromatic carbocycles. The molecule has 0 amide bonds. The predicted octanol–water partition coefficient (Wildman–Crippen LogP) is 7.47. The molecule has 0 bridgehead atoms. The normalized spacial score (nSPS) is 13.2. The smallest absolute Gasteiger partial charge is 0.191 e. The van der Waals surface area contributed by atoms with Crippen molar-refractivity contribution in [3.63, 3.8) is 0 Å². The van der Waals surface area contributed by atoms with Crippen LogP contribution in [0, 0.1) is 0 Å². The lowest BCUT2D eigenvalue weighted by Gasteiger charge is -2.36. The van der Waals surface area contributed by atoms with Crippen LogP contribution < -0.4 is 0 Å². The summed E-state index contributed by atoms with van der Waals surface area (Å²) in [5.74, 6) is 0. The summed E-state index contributed by atoms with van der Waals surface area (Å²) in [6, 6.07) is 0. The van der Waals surface area contributed by atoms with Crippen LogP contribution in [0.25, 0.3) is 0 Å². The van der Waals surface area contributed by atoms with Gasteiger partial charge in [0.15, 0.2) is 8.32 Å². The monoisotopic (exact) mass is 390 g/mol. The molecular formula is C19H39BrOSi. The zero-order valence-electron chi connectivity index (χ0n) is 15.7. The van der Waals surface area contributed by atoms with Gasteiger partial charge in [-0.3, -0.25) is 0 Å². The molecule has 0 heterocycles.